The molecule has 3 aliphatic carbocycles. The molecule has 4 aliphatic rings. The van der Waals surface area contributed by atoms with Gasteiger partial charge in [-0.15, -0.1) is 0 Å². The molecule has 3 aromatic heterocycles. The first-order valence-electron chi connectivity index (χ1n) is 14.0. The SMILES string of the molecule is Cc1cc(N2CCc3c(c(C)nn3CC34CCC(NCCN(C)C(=O)O)(CC3)CC4)C2)c2cnn(C)c2n1. The first kappa shape index (κ1) is 25.2. The lowest BCUT2D eigenvalue weighted by molar-refractivity contribution is 0.00709. The minimum atomic E-state index is -0.863. The van der Waals surface area contributed by atoms with Crippen molar-refractivity contribution in [3.05, 3.63) is 34.9 Å². The maximum absolute atomic E-state index is 11.1. The third-order valence-electron chi connectivity index (χ3n) is 9.65. The number of fused-ring (bicyclic) bond motifs is 5. The van der Waals surface area contributed by atoms with E-state index in [4.69, 9.17) is 15.2 Å². The van der Waals surface area contributed by atoms with E-state index in [9.17, 15) is 4.79 Å². The molecule has 0 aromatic carbocycles. The Hall–Kier alpha value is -3.14. The number of likely N-dealkylation sites (N-methyl/N-ethyl adjacent to an activating group) is 1. The summed E-state index contributed by atoms with van der Waals surface area (Å²) in [6, 6.07) is 2.19. The molecule has 0 atom stereocenters. The van der Waals surface area contributed by atoms with Crippen LogP contribution in [-0.4, -0.2) is 72.9 Å². The van der Waals surface area contributed by atoms with Crippen molar-refractivity contribution in [2.75, 3.05) is 31.6 Å². The van der Waals surface area contributed by atoms with Crippen LogP contribution in [0.5, 0.6) is 0 Å². The molecule has 0 radical (unpaired) electrons. The molecule has 3 fully saturated rings. The molecule has 3 saturated carbocycles. The predicted octanol–water partition coefficient (Wildman–Crippen LogP) is 3.64. The van der Waals surface area contributed by atoms with Crippen LogP contribution < -0.4 is 10.2 Å². The standard InChI is InChI=1S/C28H40N8O2/c1-19-15-24(21-16-30-34(4)25(21)31-19)35-13-5-23-22(17-35)20(2)32-36(23)18-27-6-9-28(10-7-27,11-8-27)29-12-14-33(3)26(37)38/h15-16,29H,5-14,17-18H2,1-4H3,(H,37,38). The van der Waals surface area contributed by atoms with Gasteiger partial charge in [-0.3, -0.25) is 9.36 Å². The van der Waals surface area contributed by atoms with Gasteiger partial charge in [0, 0.05) is 75.7 Å². The molecule has 3 aromatic rings. The maximum atomic E-state index is 11.1. The molecule has 1 aliphatic heterocycles. The van der Waals surface area contributed by atoms with Crippen molar-refractivity contribution in [3.8, 4) is 0 Å². The zero-order valence-electron chi connectivity index (χ0n) is 23.1. The first-order valence-corrected chi connectivity index (χ1v) is 14.0. The lowest BCUT2D eigenvalue weighted by Crippen LogP contribution is -2.57. The van der Waals surface area contributed by atoms with Crippen LogP contribution in [-0.2, 0) is 26.6 Å². The van der Waals surface area contributed by atoms with Crippen molar-refractivity contribution in [1.29, 1.82) is 0 Å². The van der Waals surface area contributed by atoms with Gasteiger partial charge in [-0.25, -0.2) is 9.78 Å². The van der Waals surface area contributed by atoms with Gasteiger partial charge in [0.05, 0.1) is 23.0 Å². The summed E-state index contributed by atoms with van der Waals surface area (Å²) in [7, 11) is 3.59. The Morgan fingerprint density at radius 3 is 2.63 bits per heavy atom. The summed E-state index contributed by atoms with van der Waals surface area (Å²) >= 11 is 0. The summed E-state index contributed by atoms with van der Waals surface area (Å²) in [4.78, 5) is 19.6. The van der Waals surface area contributed by atoms with Crippen LogP contribution in [0.25, 0.3) is 11.0 Å². The van der Waals surface area contributed by atoms with Crippen LogP contribution in [0.15, 0.2) is 12.3 Å². The van der Waals surface area contributed by atoms with Gasteiger partial charge >= 0.3 is 6.09 Å². The molecule has 2 N–H and O–H groups in total. The number of carbonyl (C=O) groups is 1. The molecular formula is C28H40N8O2. The molecule has 38 heavy (non-hydrogen) atoms. The number of anilines is 1. The van der Waals surface area contributed by atoms with E-state index in [1.165, 1.54) is 60.4 Å². The summed E-state index contributed by atoms with van der Waals surface area (Å²) in [6.07, 6.45) is 9.22. The lowest BCUT2D eigenvalue weighted by Gasteiger charge is -2.54. The van der Waals surface area contributed by atoms with E-state index < -0.39 is 6.09 Å². The Bertz CT molecular complexity index is 1350. The first-order chi connectivity index (χ1) is 18.2. The van der Waals surface area contributed by atoms with Crippen LogP contribution in [0.2, 0.25) is 0 Å². The van der Waals surface area contributed by atoms with Crippen LogP contribution in [0, 0.1) is 19.3 Å². The highest BCUT2D eigenvalue weighted by Gasteiger charge is 2.48. The largest absolute Gasteiger partial charge is 0.465 e. The second kappa shape index (κ2) is 9.25. The quantitative estimate of drug-likeness (QED) is 0.490. The van der Waals surface area contributed by atoms with Gasteiger partial charge < -0.3 is 20.2 Å². The number of hydrogen-bond acceptors (Lipinski definition) is 6. The van der Waals surface area contributed by atoms with Crippen molar-refractivity contribution in [3.63, 3.8) is 0 Å². The number of rotatable bonds is 7. The van der Waals surface area contributed by atoms with Crippen LogP contribution in [0.4, 0.5) is 10.5 Å². The monoisotopic (exact) mass is 520 g/mol. The van der Waals surface area contributed by atoms with Crippen molar-refractivity contribution in [2.24, 2.45) is 12.5 Å². The van der Waals surface area contributed by atoms with Gasteiger partial charge in [-0.05, 0) is 63.9 Å². The number of amides is 1. The van der Waals surface area contributed by atoms with Gasteiger partial charge in [0.2, 0.25) is 0 Å². The van der Waals surface area contributed by atoms with E-state index in [0.717, 1.165) is 55.0 Å². The third-order valence-corrected chi connectivity index (χ3v) is 9.65. The van der Waals surface area contributed by atoms with Crippen LogP contribution >= 0.6 is 0 Å². The predicted molar refractivity (Wildman–Crippen MR) is 146 cm³/mol. The van der Waals surface area contributed by atoms with E-state index in [2.05, 4.69) is 39.9 Å². The number of hydrogen-bond donors (Lipinski definition) is 2. The normalized spacial score (nSPS) is 24.7. The van der Waals surface area contributed by atoms with Gasteiger partial charge in [0.25, 0.3) is 0 Å². The average Bonchev–Trinajstić information content (AvgIpc) is 3.43. The zero-order valence-corrected chi connectivity index (χ0v) is 23.1. The van der Waals surface area contributed by atoms with Crippen molar-refractivity contribution < 1.29 is 9.90 Å². The fourth-order valence-electron chi connectivity index (χ4n) is 7.15. The van der Waals surface area contributed by atoms with E-state index in [0.29, 0.717) is 12.0 Å². The van der Waals surface area contributed by atoms with E-state index >= 15 is 0 Å². The molecule has 10 heteroatoms. The van der Waals surface area contributed by atoms with E-state index in [1.807, 2.05) is 17.9 Å². The molecule has 0 spiro atoms. The fourth-order valence-corrected chi connectivity index (χ4v) is 7.15. The van der Waals surface area contributed by atoms with E-state index in [1.54, 1.807) is 7.05 Å². The summed E-state index contributed by atoms with van der Waals surface area (Å²) in [5.41, 5.74) is 7.63. The molecular weight excluding hydrogens is 480 g/mol. The number of carboxylic acid groups (broad SMARTS) is 1. The van der Waals surface area contributed by atoms with Gasteiger partial charge in [0.15, 0.2) is 5.65 Å². The molecule has 1 amide bonds. The number of nitrogens with one attached hydrogen (secondary N) is 1. The average molecular weight is 521 g/mol. The maximum Gasteiger partial charge on any atom is 0.407 e. The van der Waals surface area contributed by atoms with Crippen molar-refractivity contribution in [2.45, 2.75) is 77.4 Å². The molecule has 10 nitrogen and oxygen atoms in total. The minimum absolute atomic E-state index is 0.182. The molecule has 2 bridgehead atoms. The van der Waals surface area contributed by atoms with Gasteiger partial charge in [0.1, 0.15) is 0 Å². The van der Waals surface area contributed by atoms with Gasteiger partial charge in [-0.1, -0.05) is 0 Å². The second-order valence-corrected chi connectivity index (χ2v) is 12.0. The smallest absolute Gasteiger partial charge is 0.407 e. The van der Waals surface area contributed by atoms with Gasteiger partial charge in [-0.2, -0.15) is 10.2 Å². The Morgan fingerprint density at radius 1 is 1.18 bits per heavy atom. The third kappa shape index (κ3) is 4.32. The Kier molecular flexibility index (Phi) is 6.13. The number of aromatic nitrogens is 5. The van der Waals surface area contributed by atoms with Crippen molar-refractivity contribution >= 4 is 22.8 Å². The summed E-state index contributed by atoms with van der Waals surface area (Å²) in [5, 5.41) is 23.5. The second-order valence-electron chi connectivity index (χ2n) is 12.0. The Balaban J connectivity index is 1.14. The number of aryl methyl sites for hydroxylation is 3. The number of pyridine rings is 1. The summed E-state index contributed by atoms with van der Waals surface area (Å²) in [5.74, 6) is 0. The summed E-state index contributed by atoms with van der Waals surface area (Å²) in [6.45, 7) is 8.33. The highest BCUT2D eigenvalue weighted by atomic mass is 16.4. The molecule has 7 rings (SSSR count). The topological polar surface area (TPSA) is 104 Å². The Labute approximate surface area is 224 Å². The fraction of sp³-hybridized carbons (Fsp3) is 0.643. The van der Waals surface area contributed by atoms with Crippen LogP contribution in [0.1, 0.15) is 61.2 Å². The highest BCUT2D eigenvalue weighted by molar-refractivity contribution is 5.89. The Morgan fingerprint density at radius 2 is 1.92 bits per heavy atom. The van der Waals surface area contributed by atoms with Crippen molar-refractivity contribution in [1.82, 2.24) is 34.8 Å². The highest BCUT2D eigenvalue weighted by Crippen LogP contribution is 2.53. The molecule has 4 heterocycles. The summed E-state index contributed by atoms with van der Waals surface area (Å²) < 4.78 is 4.21. The van der Waals surface area contributed by atoms with E-state index in [-0.39, 0.29) is 5.54 Å². The molecule has 204 valence electrons. The number of nitrogens with zero attached hydrogens (tertiary/aromatic N) is 7. The molecule has 0 saturated heterocycles. The minimum Gasteiger partial charge on any atom is -0.465 e. The molecule has 0 unspecified atom stereocenters. The zero-order chi connectivity index (χ0) is 26.7. The van der Waals surface area contributed by atoms with Crippen LogP contribution in [0.3, 0.4) is 0 Å². The lowest BCUT2D eigenvalue weighted by atomic mass is 9.57.